The zero-order valence-electron chi connectivity index (χ0n) is 11.8. The molecule has 1 saturated heterocycles. The van der Waals surface area contributed by atoms with Gasteiger partial charge in [-0.25, -0.2) is 0 Å². The number of carbonyl (C=O) groups excluding carboxylic acids is 1. The molecule has 1 fully saturated rings. The van der Waals surface area contributed by atoms with E-state index in [4.69, 9.17) is 21.1 Å². The van der Waals surface area contributed by atoms with Crippen LogP contribution in [0, 0.1) is 5.92 Å². The number of carbonyl (C=O) groups is 1. The summed E-state index contributed by atoms with van der Waals surface area (Å²) in [5.74, 6) is 1.57. The fraction of sp³-hybridized carbons (Fsp3) is 0.533. The molecule has 1 aromatic carbocycles. The topological polar surface area (TPSA) is 59.6 Å². The Balaban J connectivity index is 1.54. The van der Waals surface area contributed by atoms with Crippen LogP contribution in [-0.4, -0.2) is 32.3 Å². The smallest absolute Gasteiger partial charge is 0.251 e. The highest BCUT2D eigenvalue weighted by Crippen LogP contribution is 2.39. The first-order valence-electron chi connectivity index (χ1n) is 7.32. The lowest BCUT2D eigenvalue weighted by atomic mass is 9.96. The molecule has 0 saturated carbocycles. The van der Waals surface area contributed by atoms with Gasteiger partial charge in [0, 0.05) is 12.1 Å². The summed E-state index contributed by atoms with van der Waals surface area (Å²) >= 11 is 6.08. The Morgan fingerprint density at radius 2 is 2.33 bits per heavy atom. The van der Waals surface area contributed by atoms with Gasteiger partial charge in [0.1, 0.15) is 0 Å². The van der Waals surface area contributed by atoms with Crippen molar-refractivity contribution in [2.75, 3.05) is 26.4 Å². The zero-order valence-corrected chi connectivity index (χ0v) is 12.5. The number of piperidine rings is 1. The fourth-order valence-electron chi connectivity index (χ4n) is 2.76. The fourth-order valence-corrected chi connectivity index (χ4v) is 3.03. The zero-order chi connectivity index (χ0) is 14.7. The van der Waals surface area contributed by atoms with Crippen LogP contribution in [0.3, 0.4) is 0 Å². The summed E-state index contributed by atoms with van der Waals surface area (Å²) in [6, 6.07) is 3.29. The van der Waals surface area contributed by atoms with Crippen LogP contribution in [0.1, 0.15) is 29.6 Å². The number of fused-ring (bicyclic) bond motifs is 1. The summed E-state index contributed by atoms with van der Waals surface area (Å²) in [5.41, 5.74) is 0.506. The summed E-state index contributed by atoms with van der Waals surface area (Å²) in [5, 5.41) is 6.73. The number of benzene rings is 1. The maximum atomic E-state index is 12.2. The Morgan fingerprint density at radius 1 is 1.43 bits per heavy atom. The molecule has 1 amide bonds. The minimum absolute atomic E-state index is 0.126. The predicted molar refractivity (Wildman–Crippen MR) is 80.1 cm³/mol. The van der Waals surface area contributed by atoms with Crippen molar-refractivity contribution in [1.82, 2.24) is 10.6 Å². The molecule has 0 bridgehead atoms. The van der Waals surface area contributed by atoms with Crippen molar-refractivity contribution < 1.29 is 14.3 Å². The second-order valence-electron chi connectivity index (χ2n) is 5.45. The van der Waals surface area contributed by atoms with Gasteiger partial charge in [-0.2, -0.15) is 0 Å². The standard InChI is InChI=1S/C15H19ClN2O3/c16-12-6-11(7-13-14(12)21-9-20-13)15(19)18-5-3-10-2-1-4-17-8-10/h6-7,10,17H,1-5,8-9H2,(H,18,19). The van der Waals surface area contributed by atoms with E-state index < -0.39 is 0 Å². The Labute approximate surface area is 128 Å². The molecule has 1 atom stereocenters. The van der Waals surface area contributed by atoms with Crippen molar-refractivity contribution in [2.24, 2.45) is 5.92 Å². The van der Waals surface area contributed by atoms with Gasteiger partial charge in [0.05, 0.1) is 5.02 Å². The van der Waals surface area contributed by atoms with Crippen LogP contribution in [-0.2, 0) is 0 Å². The SMILES string of the molecule is O=C(NCCC1CCCNC1)c1cc(Cl)c2c(c1)OCO2. The van der Waals surface area contributed by atoms with Crippen molar-refractivity contribution in [3.8, 4) is 11.5 Å². The highest BCUT2D eigenvalue weighted by atomic mass is 35.5. The lowest BCUT2D eigenvalue weighted by molar-refractivity contribution is 0.0950. The van der Waals surface area contributed by atoms with Crippen LogP contribution < -0.4 is 20.1 Å². The number of hydrogen-bond donors (Lipinski definition) is 2. The summed E-state index contributed by atoms with van der Waals surface area (Å²) in [4.78, 5) is 12.2. The van der Waals surface area contributed by atoms with Gasteiger partial charge in [0.2, 0.25) is 6.79 Å². The van der Waals surface area contributed by atoms with E-state index in [9.17, 15) is 4.79 Å². The molecule has 2 aliphatic heterocycles. The third-order valence-corrected chi connectivity index (χ3v) is 4.21. The van der Waals surface area contributed by atoms with Gasteiger partial charge in [0.15, 0.2) is 11.5 Å². The first-order chi connectivity index (χ1) is 10.2. The van der Waals surface area contributed by atoms with Crippen molar-refractivity contribution >= 4 is 17.5 Å². The van der Waals surface area contributed by atoms with Gasteiger partial charge in [-0.3, -0.25) is 4.79 Å². The van der Waals surface area contributed by atoms with Gasteiger partial charge in [0.25, 0.3) is 5.91 Å². The minimum Gasteiger partial charge on any atom is -0.454 e. The van der Waals surface area contributed by atoms with E-state index in [0.29, 0.717) is 34.5 Å². The minimum atomic E-state index is -0.126. The number of hydrogen-bond acceptors (Lipinski definition) is 4. The monoisotopic (exact) mass is 310 g/mol. The second-order valence-corrected chi connectivity index (χ2v) is 5.86. The lowest BCUT2D eigenvalue weighted by Gasteiger charge is -2.22. The molecule has 0 spiro atoms. The molecule has 0 aliphatic carbocycles. The number of ether oxygens (including phenoxy) is 2. The number of amides is 1. The molecular formula is C15H19ClN2O3. The van der Waals surface area contributed by atoms with Crippen LogP contribution in [0.25, 0.3) is 0 Å². The molecule has 2 N–H and O–H groups in total. The van der Waals surface area contributed by atoms with Crippen LogP contribution in [0.5, 0.6) is 11.5 Å². The van der Waals surface area contributed by atoms with Gasteiger partial charge < -0.3 is 20.1 Å². The van der Waals surface area contributed by atoms with Crippen LogP contribution in [0.4, 0.5) is 0 Å². The molecule has 6 heteroatoms. The highest BCUT2D eigenvalue weighted by molar-refractivity contribution is 6.32. The average molecular weight is 311 g/mol. The molecule has 3 rings (SSSR count). The third-order valence-electron chi connectivity index (χ3n) is 3.93. The molecule has 114 valence electrons. The Bertz CT molecular complexity index is 530. The van der Waals surface area contributed by atoms with E-state index in [2.05, 4.69) is 10.6 Å². The molecule has 2 heterocycles. The normalized spacial score (nSPS) is 20.3. The number of rotatable bonds is 4. The molecule has 1 aromatic rings. The highest BCUT2D eigenvalue weighted by Gasteiger charge is 2.20. The van der Waals surface area contributed by atoms with E-state index in [0.717, 1.165) is 19.5 Å². The Morgan fingerprint density at radius 3 is 3.14 bits per heavy atom. The van der Waals surface area contributed by atoms with Crippen molar-refractivity contribution in [2.45, 2.75) is 19.3 Å². The van der Waals surface area contributed by atoms with E-state index in [1.807, 2.05) is 0 Å². The van der Waals surface area contributed by atoms with Crippen molar-refractivity contribution in [3.05, 3.63) is 22.7 Å². The maximum Gasteiger partial charge on any atom is 0.251 e. The third kappa shape index (κ3) is 3.41. The first-order valence-corrected chi connectivity index (χ1v) is 7.70. The Hall–Kier alpha value is -1.46. The van der Waals surface area contributed by atoms with E-state index in [1.54, 1.807) is 12.1 Å². The largest absolute Gasteiger partial charge is 0.454 e. The molecule has 0 radical (unpaired) electrons. The van der Waals surface area contributed by atoms with E-state index >= 15 is 0 Å². The molecular weight excluding hydrogens is 292 g/mol. The van der Waals surface area contributed by atoms with E-state index in [-0.39, 0.29) is 12.7 Å². The predicted octanol–water partition coefficient (Wildman–Crippen LogP) is 2.19. The summed E-state index contributed by atoms with van der Waals surface area (Å²) in [7, 11) is 0. The second kappa shape index (κ2) is 6.54. The molecule has 21 heavy (non-hydrogen) atoms. The summed E-state index contributed by atoms with van der Waals surface area (Å²) < 4.78 is 10.5. The average Bonchev–Trinajstić information content (AvgIpc) is 2.97. The molecule has 5 nitrogen and oxygen atoms in total. The van der Waals surface area contributed by atoms with Crippen molar-refractivity contribution in [3.63, 3.8) is 0 Å². The molecule has 1 unspecified atom stereocenters. The van der Waals surface area contributed by atoms with E-state index in [1.165, 1.54) is 12.8 Å². The van der Waals surface area contributed by atoms with Gasteiger partial charge >= 0.3 is 0 Å². The van der Waals surface area contributed by atoms with Crippen LogP contribution >= 0.6 is 11.6 Å². The summed E-state index contributed by atoms with van der Waals surface area (Å²) in [6.07, 6.45) is 3.45. The van der Waals surface area contributed by atoms with Crippen LogP contribution in [0.15, 0.2) is 12.1 Å². The van der Waals surface area contributed by atoms with Gasteiger partial charge in [-0.1, -0.05) is 11.6 Å². The number of halogens is 1. The van der Waals surface area contributed by atoms with Crippen LogP contribution in [0.2, 0.25) is 5.02 Å². The first kappa shape index (κ1) is 14.5. The lowest BCUT2D eigenvalue weighted by Crippen LogP contribution is -2.33. The molecule has 0 aromatic heterocycles. The van der Waals surface area contributed by atoms with Gasteiger partial charge in [-0.05, 0) is 50.4 Å². The van der Waals surface area contributed by atoms with Gasteiger partial charge in [-0.15, -0.1) is 0 Å². The van der Waals surface area contributed by atoms with Crippen molar-refractivity contribution in [1.29, 1.82) is 0 Å². The number of nitrogens with one attached hydrogen (secondary N) is 2. The Kier molecular flexibility index (Phi) is 4.51. The quantitative estimate of drug-likeness (QED) is 0.895. The maximum absolute atomic E-state index is 12.2. The summed E-state index contributed by atoms with van der Waals surface area (Å²) in [6.45, 7) is 2.98. The molecule has 2 aliphatic rings.